The Bertz CT molecular complexity index is 629. The lowest BCUT2D eigenvalue weighted by atomic mass is 10.0. The molecule has 0 heterocycles. The molecule has 0 aromatic heterocycles. The van der Waals surface area contributed by atoms with E-state index in [1.54, 1.807) is 6.07 Å². The number of thiocarbonyl (C=S) groups is 1. The van der Waals surface area contributed by atoms with Crippen molar-refractivity contribution in [3.8, 4) is 17.2 Å². The highest BCUT2D eigenvalue weighted by Gasteiger charge is 2.05. The monoisotopic (exact) mass is 253 g/mol. The maximum Gasteiger partial charge on any atom is 0.168 e. The van der Waals surface area contributed by atoms with Crippen molar-refractivity contribution in [2.45, 2.75) is 0 Å². The van der Waals surface area contributed by atoms with Crippen LogP contribution in [0.25, 0.3) is 11.1 Å². The normalized spacial score (nSPS) is 9.50. The third-order valence-corrected chi connectivity index (χ3v) is 2.59. The number of rotatable bonds is 2. The van der Waals surface area contributed by atoms with Crippen LogP contribution < -0.4 is 11.1 Å². The van der Waals surface area contributed by atoms with Gasteiger partial charge in [0.15, 0.2) is 5.11 Å². The molecule has 0 fully saturated rings. The number of para-hydroxylation sites is 1. The highest BCUT2D eigenvalue weighted by molar-refractivity contribution is 7.80. The summed E-state index contributed by atoms with van der Waals surface area (Å²) in [5, 5.41) is 12.1. The third-order valence-electron chi connectivity index (χ3n) is 2.49. The maximum absolute atomic E-state index is 8.92. The molecule has 18 heavy (non-hydrogen) atoms. The van der Waals surface area contributed by atoms with Gasteiger partial charge in [-0.2, -0.15) is 5.26 Å². The van der Waals surface area contributed by atoms with Gasteiger partial charge in [0, 0.05) is 11.3 Å². The van der Waals surface area contributed by atoms with Gasteiger partial charge >= 0.3 is 0 Å². The van der Waals surface area contributed by atoms with Crippen molar-refractivity contribution in [2.24, 2.45) is 5.73 Å². The Morgan fingerprint density at radius 1 is 1.17 bits per heavy atom. The summed E-state index contributed by atoms with van der Waals surface area (Å²) < 4.78 is 0. The van der Waals surface area contributed by atoms with Crippen molar-refractivity contribution in [1.29, 1.82) is 5.26 Å². The fourth-order valence-electron chi connectivity index (χ4n) is 1.73. The van der Waals surface area contributed by atoms with Gasteiger partial charge < -0.3 is 11.1 Å². The summed E-state index contributed by atoms with van der Waals surface area (Å²) in [6, 6.07) is 17.2. The standard InChI is InChI=1S/C14H11N3S/c15-9-10-4-3-5-11(8-10)12-6-1-2-7-13(12)17-14(16)18/h1-8H,(H3,16,17,18). The second kappa shape index (κ2) is 5.30. The molecule has 0 saturated carbocycles. The molecule has 0 unspecified atom stereocenters. The summed E-state index contributed by atoms with van der Waals surface area (Å²) in [6.45, 7) is 0. The van der Waals surface area contributed by atoms with Crippen LogP contribution in [0, 0.1) is 11.3 Å². The molecular formula is C14H11N3S. The van der Waals surface area contributed by atoms with Crippen LogP contribution in [0.15, 0.2) is 48.5 Å². The largest absolute Gasteiger partial charge is 0.376 e. The van der Waals surface area contributed by atoms with E-state index in [1.807, 2.05) is 42.5 Å². The highest BCUT2D eigenvalue weighted by atomic mass is 32.1. The second-order valence-electron chi connectivity index (χ2n) is 3.73. The first kappa shape index (κ1) is 12.1. The predicted octanol–water partition coefficient (Wildman–Crippen LogP) is 2.88. The lowest BCUT2D eigenvalue weighted by Gasteiger charge is -2.10. The highest BCUT2D eigenvalue weighted by Crippen LogP contribution is 2.28. The number of hydrogen-bond donors (Lipinski definition) is 2. The van der Waals surface area contributed by atoms with Gasteiger partial charge in [-0.05, 0) is 36.0 Å². The molecule has 0 aliphatic rings. The Labute approximate surface area is 111 Å². The molecule has 2 aromatic rings. The Morgan fingerprint density at radius 3 is 2.67 bits per heavy atom. The molecule has 0 aliphatic heterocycles. The molecule has 0 aliphatic carbocycles. The smallest absolute Gasteiger partial charge is 0.168 e. The van der Waals surface area contributed by atoms with Gasteiger partial charge in [-0.3, -0.25) is 0 Å². The van der Waals surface area contributed by atoms with Gasteiger partial charge in [0.1, 0.15) is 0 Å². The van der Waals surface area contributed by atoms with Crippen molar-refractivity contribution >= 4 is 23.0 Å². The number of nitrogens with one attached hydrogen (secondary N) is 1. The van der Waals surface area contributed by atoms with Gasteiger partial charge in [0.05, 0.1) is 11.6 Å². The quantitative estimate of drug-likeness (QED) is 0.808. The fourth-order valence-corrected chi connectivity index (χ4v) is 1.84. The summed E-state index contributed by atoms with van der Waals surface area (Å²) in [5.41, 5.74) is 8.86. The van der Waals surface area contributed by atoms with Crippen molar-refractivity contribution in [3.05, 3.63) is 54.1 Å². The van der Waals surface area contributed by atoms with Crippen molar-refractivity contribution < 1.29 is 0 Å². The minimum Gasteiger partial charge on any atom is -0.376 e. The summed E-state index contributed by atoms with van der Waals surface area (Å²) in [7, 11) is 0. The molecular weight excluding hydrogens is 242 g/mol. The van der Waals surface area contributed by atoms with E-state index in [-0.39, 0.29) is 5.11 Å². The third kappa shape index (κ3) is 2.65. The molecule has 3 nitrogen and oxygen atoms in total. The number of anilines is 1. The Morgan fingerprint density at radius 2 is 1.94 bits per heavy atom. The molecule has 4 heteroatoms. The van der Waals surface area contributed by atoms with E-state index >= 15 is 0 Å². The average molecular weight is 253 g/mol. The molecule has 0 atom stereocenters. The van der Waals surface area contributed by atoms with E-state index in [4.69, 9.17) is 23.2 Å². The summed E-state index contributed by atoms with van der Waals surface area (Å²) in [6.07, 6.45) is 0. The molecule has 0 amide bonds. The summed E-state index contributed by atoms with van der Waals surface area (Å²) in [5.74, 6) is 0. The molecule has 3 N–H and O–H groups in total. The molecule has 2 aromatic carbocycles. The van der Waals surface area contributed by atoms with Crippen LogP contribution in [0.1, 0.15) is 5.56 Å². The number of nitrogens with zero attached hydrogens (tertiary/aromatic N) is 1. The minimum absolute atomic E-state index is 0.221. The first-order valence-corrected chi connectivity index (χ1v) is 5.77. The van der Waals surface area contributed by atoms with E-state index < -0.39 is 0 Å². The van der Waals surface area contributed by atoms with E-state index in [0.29, 0.717) is 5.56 Å². The summed E-state index contributed by atoms with van der Waals surface area (Å²) in [4.78, 5) is 0. The van der Waals surface area contributed by atoms with Gasteiger partial charge in [0.2, 0.25) is 0 Å². The van der Waals surface area contributed by atoms with Crippen LogP contribution in [0.4, 0.5) is 5.69 Å². The molecule has 0 radical (unpaired) electrons. The Kier molecular flexibility index (Phi) is 3.56. The van der Waals surface area contributed by atoms with Gasteiger partial charge in [-0.15, -0.1) is 0 Å². The van der Waals surface area contributed by atoms with Crippen LogP contribution in [-0.2, 0) is 0 Å². The predicted molar refractivity (Wildman–Crippen MR) is 77.0 cm³/mol. The van der Waals surface area contributed by atoms with Crippen LogP contribution in [0.5, 0.6) is 0 Å². The van der Waals surface area contributed by atoms with Crippen LogP contribution >= 0.6 is 12.2 Å². The molecule has 0 bridgehead atoms. The van der Waals surface area contributed by atoms with E-state index in [2.05, 4.69) is 11.4 Å². The first-order chi connectivity index (χ1) is 8.70. The van der Waals surface area contributed by atoms with Gasteiger partial charge in [0.25, 0.3) is 0 Å². The van der Waals surface area contributed by atoms with Crippen LogP contribution in [0.2, 0.25) is 0 Å². The Balaban J connectivity index is 2.50. The van der Waals surface area contributed by atoms with Gasteiger partial charge in [-0.1, -0.05) is 30.3 Å². The number of nitrogens with two attached hydrogens (primary N) is 1. The Hall–Kier alpha value is -2.38. The molecule has 2 rings (SSSR count). The lowest BCUT2D eigenvalue weighted by molar-refractivity contribution is 1.48. The average Bonchev–Trinajstić information content (AvgIpc) is 2.39. The zero-order valence-corrected chi connectivity index (χ0v) is 10.4. The molecule has 88 valence electrons. The van der Waals surface area contributed by atoms with E-state index in [1.165, 1.54) is 0 Å². The number of nitriles is 1. The van der Waals surface area contributed by atoms with Gasteiger partial charge in [-0.25, -0.2) is 0 Å². The zero-order valence-electron chi connectivity index (χ0n) is 9.55. The summed E-state index contributed by atoms with van der Waals surface area (Å²) >= 11 is 4.85. The first-order valence-electron chi connectivity index (χ1n) is 5.37. The van der Waals surface area contributed by atoms with E-state index in [0.717, 1.165) is 16.8 Å². The SMILES string of the molecule is N#Cc1cccc(-c2ccccc2NC(N)=S)c1. The van der Waals surface area contributed by atoms with E-state index in [9.17, 15) is 0 Å². The number of benzene rings is 2. The van der Waals surface area contributed by atoms with Crippen molar-refractivity contribution in [2.75, 3.05) is 5.32 Å². The topological polar surface area (TPSA) is 61.8 Å². The van der Waals surface area contributed by atoms with Crippen molar-refractivity contribution in [3.63, 3.8) is 0 Å². The van der Waals surface area contributed by atoms with Crippen molar-refractivity contribution in [1.82, 2.24) is 0 Å². The maximum atomic E-state index is 8.92. The fraction of sp³-hybridized carbons (Fsp3) is 0. The zero-order chi connectivity index (χ0) is 13.0. The molecule has 0 saturated heterocycles. The minimum atomic E-state index is 0.221. The number of hydrogen-bond acceptors (Lipinski definition) is 2. The second-order valence-corrected chi connectivity index (χ2v) is 4.17. The van der Waals surface area contributed by atoms with Crippen LogP contribution in [-0.4, -0.2) is 5.11 Å². The van der Waals surface area contributed by atoms with Crippen LogP contribution in [0.3, 0.4) is 0 Å². The lowest BCUT2D eigenvalue weighted by Crippen LogP contribution is -2.19. The molecule has 0 spiro atoms.